The molecular weight excluding hydrogens is 1050 g/mol. The Morgan fingerprint density at radius 2 is 1.80 bits per heavy atom. The summed E-state index contributed by atoms with van der Waals surface area (Å²) in [5, 5.41) is 93.6. The lowest BCUT2D eigenvalue weighted by molar-refractivity contribution is -0.171. The highest BCUT2D eigenvalue weighted by Crippen LogP contribution is 2.64. The van der Waals surface area contributed by atoms with Crippen molar-refractivity contribution in [1.29, 1.82) is 0 Å². The van der Waals surface area contributed by atoms with Gasteiger partial charge in [0.2, 0.25) is 0 Å². The average molecular weight is 1130 g/mol. The summed E-state index contributed by atoms with van der Waals surface area (Å²) in [6, 6.07) is 12.5. The smallest absolute Gasteiger partial charge is 0.337 e. The van der Waals surface area contributed by atoms with Crippen molar-refractivity contribution in [3.8, 4) is 17.2 Å². The number of likely N-dealkylation sites (N-methyl/N-ethyl adjacent to an activating group) is 1. The summed E-state index contributed by atoms with van der Waals surface area (Å²) < 4.78 is 21.6. The number of phenolic OH excluding ortho intramolecular Hbond substituents is 2. The Labute approximate surface area is 482 Å². The van der Waals surface area contributed by atoms with Crippen LogP contribution in [0.15, 0.2) is 122 Å². The van der Waals surface area contributed by atoms with E-state index in [0.29, 0.717) is 74.9 Å². The number of ether oxygens (including phenoxy) is 2. The van der Waals surface area contributed by atoms with Gasteiger partial charge in [0.25, 0.3) is 0 Å². The first-order valence-electron chi connectivity index (χ1n) is 30.2. The van der Waals surface area contributed by atoms with Crippen LogP contribution in [0.2, 0.25) is 0 Å². The Hall–Kier alpha value is -6.66. The maximum absolute atomic E-state index is 15.9. The second kappa shape index (κ2) is 20.3. The van der Waals surface area contributed by atoms with Crippen LogP contribution >= 0.6 is 0 Å². The number of esters is 1. The minimum absolute atomic E-state index is 0.0126. The first-order valence-corrected chi connectivity index (χ1v) is 30.2. The summed E-state index contributed by atoms with van der Waals surface area (Å²) in [5.74, 6) is -4.02. The van der Waals surface area contributed by atoms with Gasteiger partial charge in [-0.3, -0.25) is 10.1 Å². The molecule has 1 aromatic heterocycles. The van der Waals surface area contributed by atoms with Gasteiger partial charge in [0.05, 0.1) is 36.2 Å². The van der Waals surface area contributed by atoms with Gasteiger partial charge >= 0.3 is 5.97 Å². The largest absolute Gasteiger partial charge is 0.508 e. The first-order chi connectivity index (χ1) is 40.1. The number of nitrogens with two attached hydrogens (primary N) is 1. The number of aryl methyl sites for hydroxylation is 1. The van der Waals surface area contributed by atoms with Gasteiger partial charge < -0.3 is 66.0 Å². The SMILES string of the molecule is C/C=C(\C(=O)O[C@@H]1Cc2c3c(c4oc(CO)cc(=O)c4c2O)[C@H]2C4=CCNC(N)=C4[C@@H](CCc4ccc(O)cc4[C@H]2CO)[C@H]2CCC4=CC(NCC)NC=C4C[C@@H]2[C@]1(C)O3)[C@@]1(O)C[C@H]2C[C@@H]1C[C@H]1c3c2cccc3[C@@H](O)[C@@H]2C[C@@H](O)C=C[C@H]21. The molecule has 83 heavy (non-hydrogen) atoms. The second-order valence-electron chi connectivity index (χ2n) is 25.7. The molecule has 2 saturated carbocycles. The molecule has 2 fully saturated rings. The summed E-state index contributed by atoms with van der Waals surface area (Å²) >= 11 is 0. The van der Waals surface area contributed by atoms with Gasteiger partial charge in [-0.05, 0) is 188 Å². The van der Waals surface area contributed by atoms with Crippen LogP contribution in [0.25, 0.3) is 11.0 Å². The molecule has 1 unspecified atom stereocenters. The molecule has 14 rings (SSSR count). The summed E-state index contributed by atoms with van der Waals surface area (Å²) in [4.78, 5) is 30.6. The Morgan fingerprint density at radius 1 is 0.964 bits per heavy atom. The van der Waals surface area contributed by atoms with E-state index in [2.05, 4.69) is 47.3 Å². The predicted octanol–water partition coefficient (Wildman–Crippen LogP) is 7.16. The van der Waals surface area contributed by atoms with E-state index in [0.717, 1.165) is 51.6 Å². The molecule has 16 nitrogen and oxygen atoms in total. The molecule has 0 saturated heterocycles. The molecule has 0 radical (unpaired) electrons. The van der Waals surface area contributed by atoms with Gasteiger partial charge in [-0.2, -0.15) is 0 Å². The highest BCUT2D eigenvalue weighted by Gasteiger charge is 2.61. The third-order valence-electron chi connectivity index (χ3n) is 21.8. The number of aromatic hydroxyl groups is 2. The molecule has 4 aromatic rings. The van der Waals surface area contributed by atoms with Crippen LogP contribution in [0.4, 0.5) is 0 Å². The quantitative estimate of drug-likeness (QED) is 0.0498. The fourth-order valence-corrected chi connectivity index (χ4v) is 18.2. The Balaban J connectivity index is 0.964. The molecule has 436 valence electrons. The minimum atomic E-state index is -1.63. The van der Waals surface area contributed by atoms with Crippen LogP contribution in [0.5, 0.6) is 17.2 Å². The number of fused-ring (bicyclic) bond motifs is 14. The molecule has 3 aromatic carbocycles. The Bertz CT molecular complexity index is 3630. The normalized spacial score (nSPS) is 35.5. The molecular formula is C67H76N4O12. The van der Waals surface area contributed by atoms with Crippen LogP contribution in [-0.4, -0.2) is 91.0 Å². The number of allylic oxidation sites excluding steroid dienone is 6. The van der Waals surface area contributed by atoms with Crippen molar-refractivity contribution in [3.63, 3.8) is 0 Å². The number of phenols is 2. The monoisotopic (exact) mass is 1130 g/mol. The average Bonchev–Trinajstić information content (AvgIpc) is 3.86. The first kappa shape index (κ1) is 54.3. The van der Waals surface area contributed by atoms with Gasteiger partial charge in [-0.15, -0.1) is 0 Å². The molecule has 0 spiro atoms. The maximum atomic E-state index is 15.9. The summed E-state index contributed by atoms with van der Waals surface area (Å²) in [7, 11) is 0. The van der Waals surface area contributed by atoms with Crippen molar-refractivity contribution >= 4 is 16.9 Å². The van der Waals surface area contributed by atoms with Crippen molar-refractivity contribution in [2.24, 2.45) is 41.2 Å². The van der Waals surface area contributed by atoms with Crippen molar-refractivity contribution in [1.82, 2.24) is 16.0 Å². The molecule has 12 N–H and O–H groups in total. The van der Waals surface area contributed by atoms with Gasteiger partial charge in [0.15, 0.2) is 5.43 Å². The van der Waals surface area contributed by atoms with Crippen LogP contribution < -0.4 is 31.8 Å². The third-order valence-corrected chi connectivity index (χ3v) is 21.8. The van der Waals surface area contributed by atoms with E-state index in [-0.39, 0.29) is 99.8 Å². The van der Waals surface area contributed by atoms with Crippen LogP contribution in [-0.2, 0) is 29.0 Å². The number of carbonyl (C=O) groups excluding carboxylic acids is 1. The summed E-state index contributed by atoms with van der Waals surface area (Å²) in [6.07, 6.45) is 14.0. The lowest BCUT2D eigenvalue weighted by atomic mass is 9.60. The fraction of sp³-hybridized carbons (Fsp3) is 0.493. The number of aliphatic hydroxyl groups is 5. The number of dihydropyridines is 2. The zero-order valence-electron chi connectivity index (χ0n) is 47.2. The molecule has 16 atom stereocenters. The lowest BCUT2D eigenvalue weighted by Crippen LogP contribution is -2.59. The zero-order valence-corrected chi connectivity index (χ0v) is 47.2. The van der Waals surface area contributed by atoms with Crippen LogP contribution in [0.3, 0.4) is 0 Å². The predicted molar refractivity (Wildman–Crippen MR) is 310 cm³/mol. The molecule has 10 aliphatic rings. The summed E-state index contributed by atoms with van der Waals surface area (Å²) in [6.45, 7) is 5.86. The highest BCUT2D eigenvalue weighted by molar-refractivity contribution is 5.93. The molecule has 6 aliphatic carbocycles. The van der Waals surface area contributed by atoms with Gasteiger partial charge in [0.1, 0.15) is 58.1 Å². The van der Waals surface area contributed by atoms with Gasteiger partial charge in [-0.1, -0.05) is 55.5 Å². The molecule has 6 bridgehead atoms. The standard InChI is InChI=1S/C67H76N4O12/c1-4-50(67(80)27-33-19-35(67)22-46-40-16-13-37(75)24-47(40)60(77)44-8-6-7-39(33)55(44)46)65(79)82-53-26-48-61(78)58-52(76)25-38(29-72)81-63(58)59-56-43-17-18-70-64(68)57(43)42(15-10-31-9-12-36(74)23-45(31)49(56)30-73)41-14-11-32-21-54(69-5-2)71-28-34(32)20-51(41)66(53,3)83-62(48)59/h4,6-9,12-13,16-17,21,23,25,28,33,35,37,40-42,46-47,49,51,53-54,56,60,69-75,77-78,80H,5,10-11,14-15,18-20,22,24,26-27,29-30,68H2,1-3H3/b50-4+/t33-,35-,37+,40+,41-,42+,46-,47-,49-,51+,53-,54?,56+,60-,66+,67-/m1/s1. The number of hydrogen-bond donors (Lipinski definition) is 11. The molecule has 0 amide bonds. The summed E-state index contributed by atoms with van der Waals surface area (Å²) in [5.41, 5.74) is 13.0. The van der Waals surface area contributed by atoms with Gasteiger partial charge in [0, 0.05) is 54.1 Å². The number of benzene rings is 3. The van der Waals surface area contributed by atoms with Crippen LogP contribution in [0, 0.1) is 35.5 Å². The van der Waals surface area contributed by atoms with Crippen molar-refractivity contribution in [2.75, 3.05) is 19.7 Å². The van der Waals surface area contributed by atoms with E-state index in [1.165, 1.54) is 5.57 Å². The molecule has 16 heteroatoms. The van der Waals surface area contributed by atoms with Crippen molar-refractivity contribution in [3.05, 3.63) is 168 Å². The van der Waals surface area contributed by atoms with Crippen molar-refractivity contribution < 1.29 is 54.4 Å². The Morgan fingerprint density at radius 3 is 2.59 bits per heavy atom. The lowest BCUT2D eigenvalue weighted by Gasteiger charge is -2.52. The third kappa shape index (κ3) is 8.27. The van der Waals surface area contributed by atoms with E-state index < -0.39 is 77.6 Å². The number of carbonyl (C=O) groups is 1. The highest BCUT2D eigenvalue weighted by atomic mass is 16.6. The fourth-order valence-electron chi connectivity index (χ4n) is 18.2. The van der Waals surface area contributed by atoms with Crippen LogP contribution in [0.1, 0.15) is 147 Å². The van der Waals surface area contributed by atoms with Crippen molar-refractivity contribution in [2.45, 2.75) is 151 Å². The van der Waals surface area contributed by atoms with E-state index in [1.807, 2.05) is 37.3 Å². The van der Waals surface area contributed by atoms with E-state index in [1.54, 1.807) is 25.1 Å². The Kier molecular flexibility index (Phi) is 13.3. The number of rotatable bonds is 7. The van der Waals surface area contributed by atoms with Gasteiger partial charge in [-0.25, -0.2) is 4.79 Å². The zero-order chi connectivity index (χ0) is 57.5. The number of nitrogens with one attached hydrogen (secondary N) is 3. The second-order valence-corrected chi connectivity index (χ2v) is 25.7. The van der Waals surface area contributed by atoms with E-state index in [4.69, 9.17) is 19.6 Å². The topological polar surface area (TPSA) is 269 Å². The molecule has 5 heterocycles. The number of hydrogen-bond acceptors (Lipinski definition) is 16. The minimum Gasteiger partial charge on any atom is -0.508 e. The molecule has 4 aliphatic heterocycles. The van der Waals surface area contributed by atoms with E-state index >= 15 is 4.79 Å². The maximum Gasteiger partial charge on any atom is 0.337 e. The van der Waals surface area contributed by atoms with E-state index in [9.17, 15) is 40.5 Å². The number of aliphatic hydroxyl groups excluding tert-OH is 4.